The van der Waals surface area contributed by atoms with E-state index in [2.05, 4.69) is 15.6 Å². The predicted octanol–water partition coefficient (Wildman–Crippen LogP) is 3.12. The first kappa shape index (κ1) is 21.3. The Labute approximate surface area is 170 Å². The van der Waals surface area contributed by atoms with Crippen LogP contribution in [0.4, 0.5) is 19.0 Å². The topological polar surface area (TPSA) is 81.7 Å². The highest BCUT2D eigenvalue weighted by molar-refractivity contribution is 5.91. The van der Waals surface area contributed by atoms with Crippen LogP contribution in [-0.4, -0.2) is 44.3 Å². The number of aromatic nitrogens is 1. The molecule has 1 aliphatic heterocycles. The van der Waals surface area contributed by atoms with Gasteiger partial charge in [-0.1, -0.05) is 0 Å². The van der Waals surface area contributed by atoms with Crippen LogP contribution >= 0.6 is 0 Å². The van der Waals surface area contributed by atoms with E-state index in [1.807, 2.05) is 0 Å². The van der Waals surface area contributed by atoms with E-state index in [1.165, 1.54) is 19.3 Å². The lowest BCUT2D eigenvalue weighted by molar-refractivity contribution is -0.137. The standard InChI is InChI=1S/C20H20F3N3O4/c1-28-15-10-13(11-16-19(15)30-9-8-29-16)2-5-18(27)25-7-6-24-17-4-3-14(12-26-17)20(21,22)23/h2-5,10-12H,6-9H2,1H3,(H,24,26)(H,25,27)/b5-2+. The molecule has 10 heteroatoms. The third kappa shape index (κ3) is 5.56. The molecular formula is C20H20F3N3O4. The monoisotopic (exact) mass is 423 g/mol. The van der Waals surface area contributed by atoms with Crippen molar-refractivity contribution >= 4 is 17.8 Å². The lowest BCUT2D eigenvalue weighted by Crippen LogP contribution is -2.27. The molecule has 2 N–H and O–H groups in total. The van der Waals surface area contributed by atoms with Gasteiger partial charge in [-0.2, -0.15) is 13.2 Å². The fraction of sp³-hybridized carbons (Fsp3) is 0.300. The second kappa shape index (κ2) is 9.38. The van der Waals surface area contributed by atoms with Crippen molar-refractivity contribution in [3.63, 3.8) is 0 Å². The Kier molecular flexibility index (Phi) is 6.65. The van der Waals surface area contributed by atoms with E-state index in [4.69, 9.17) is 14.2 Å². The van der Waals surface area contributed by atoms with Crippen LogP contribution in [-0.2, 0) is 11.0 Å². The van der Waals surface area contributed by atoms with Gasteiger partial charge in [-0.15, -0.1) is 0 Å². The summed E-state index contributed by atoms with van der Waals surface area (Å²) in [4.78, 5) is 15.7. The average molecular weight is 423 g/mol. The summed E-state index contributed by atoms with van der Waals surface area (Å²) in [5, 5.41) is 5.50. The third-order valence-electron chi connectivity index (χ3n) is 4.10. The van der Waals surface area contributed by atoms with Crippen molar-refractivity contribution < 1.29 is 32.2 Å². The molecule has 0 bridgehead atoms. The number of pyridine rings is 1. The molecule has 0 saturated heterocycles. The van der Waals surface area contributed by atoms with Gasteiger partial charge in [0.2, 0.25) is 11.7 Å². The second-order valence-electron chi connectivity index (χ2n) is 6.23. The summed E-state index contributed by atoms with van der Waals surface area (Å²) < 4.78 is 53.9. The number of nitrogens with zero attached hydrogens (tertiary/aromatic N) is 1. The normalized spacial score (nSPS) is 13.2. The van der Waals surface area contributed by atoms with Gasteiger partial charge >= 0.3 is 6.18 Å². The molecule has 1 aliphatic rings. The van der Waals surface area contributed by atoms with E-state index in [9.17, 15) is 18.0 Å². The van der Waals surface area contributed by atoms with Crippen molar-refractivity contribution in [2.75, 3.05) is 38.7 Å². The van der Waals surface area contributed by atoms with Crippen molar-refractivity contribution in [3.05, 3.63) is 47.7 Å². The molecule has 0 spiro atoms. The number of rotatable bonds is 7. The summed E-state index contributed by atoms with van der Waals surface area (Å²) in [5.74, 6) is 1.56. The number of alkyl halides is 3. The van der Waals surface area contributed by atoms with E-state index in [0.29, 0.717) is 42.6 Å². The molecule has 160 valence electrons. The van der Waals surface area contributed by atoms with Gasteiger partial charge in [0.05, 0.1) is 12.7 Å². The van der Waals surface area contributed by atoms with Gasteiger partial charge in [0.25, 0.3) is 0 Å². The van der Waals surface area contributed by atoms with Gasteiger partial charge < -0.3 is 24.8 Å². The zero-order valence-corrected chi connectivity index (χ0v) is 16.1. The molecule has 2 heterocycles. The Bertz CT molecular complexity index is 897. The molecule has 3 rings (SSSR count). The van der Waals surface area contributed by atoms with E-state index in [-0.39, 0.29) is 18.3 Å². The number of fused-ring (bicyclic) bond motifs is 1. The van der Waals surface area contributed by atoms with Crippen LogP contribution in [0.5, 0.6) is 17.2 Å². The van der Waals surface area contributed by atoms with Crippen molar-refractivity contribution in [1.29, 1.82) is 0 Å². The number of carbonyl (C=O) groups excluding carboxylic acids is 1. The summed E-state index contributed by atoms with van der Waals surface area (Å²) in [6.07, 6.45) is -0.694. The largest absolute Gasteiger partial charge is 0.493 e. The molecule has 30 heavy (non-hydrogen) atoms. The summed E-state index contributed by atoms with van der Waals surface area (Å²) in [5.41, 5.74) is -0.111. The number of ether oxygens (including phenoxy) is 3. The fourth-order valence-electron chi connectivity index (χ4n) is 2.66. The molecule has 0 unspecified atom stereocenters. The SMILES string of the molecule is COc1cc(/C=C/C(=O)NCCNc2ccc(C(F)(F)F)cn2)cc2c1OCCO2. The summed E-state index contributed by atoms with van der Waals surface area (Å²) in [6, 6.07) is 5.66. The minimum atomic E-state index is -4.42. The minimum Gasteiger partial charge on any atom is -0.493 e. The maximum atomic E-state index is 12.5. The molecule has 0 radical (unpaired) electrons. The van der Waals surface area contributed by atoms with E-state index < -0.39 is 11.7 Å². The first-order valence-electron chi connectivity index (χ1n) is 9.07. The number of anilines is 1. The van der Waals surface area contributed by atoms with Crippen molar-refractivity contribution in [2.45, 2.75) is 6.18 Å². The van der Waals surface area contributed by atoms with Gasteiger partial charge in [0.15, 0.2) is 11.5 Å². The van der Waals surface area contributed by atoms with E-state index in [1.54, 1.807) is 18.2 Å². The number of halogens is 3. The summed E-state index contributed by atoms with van der Waals surface area (Å²) >= 11 is 0. The average Bonchev–Trinajstić information content (AvgIpc) is 2.74. The molecule has 2 aromatic rings. The molecular weight excluding hydrogens is 403 g/mol. The lowest BCUT2D eigenvalue weighted by Gasteiger charge is -2.20. The van der Waals surface area contributed by atoms with E-state index >= 15 is 0 Å². The number of hydrogen-bond acceptors (Lipinski definition) is 6. The molecule has 0 atom stereocenters. The van der Waals surface area contributed by atoms with E-state index in [0.717, 1.165) is 12.3 Å². The maximum absolute atomic E-state index is 12.5. The van der Waals surface area contributed by atoms with Crippen LogP contribution in [0.1, 0.15) is 11.1 Å². The fourth-order valence-corrected chi connectivity index (χ4v) is 2.66. The highest BCUT2D eigenvalue weighted by Gasteiger charge is 2.30. The maximum Gasteiger partial charge on any atom is 0.417 e. The predicted molar refractivity (Wildman–Crippen MR) is 104 cm³/mol. The van der Waals surface area contributed by atoms with Gasteiger partial charge in [-0.3, -0.25) is 4.79 Å². The summed E-state index contributed by atoms with van der Waals surface area (Å²) in [7, 11) is 1.52. The van der Waals surface area contributed by atoms with Crippen molar-refractivity contribution in [2.24, 2.45) is 0 Å². The molecule has 0 aliphatic carbocycles. The molecule has 0 fully saturated rings. The Balaban J connectivity index is 1.47. The summed E-state index contributed by atoms with van der Waals surface area (Å²) in [6.45, 7) is 1.44. The second-order valence-corrected chi connectivity index (χ2v) is 6.23. The van der Waals surface area contributed by atoms with Gasteiger partial charge in [0, 0.05) is 25.4 Å². The molecule has 0 saturated carbocycles. The lowest BCUT2D eigenvalue weighted by atomic mass is 10.1. The third-order valence-corrected chi connectivity index (χ3v) is 4.10. The number of benzene rings is 1. The zero-order valence-electron chi connectivity index (χ0n) is 16.1. The number of amides is 1. The Morgan fingerprint density at radius 3 is 2.73 bits per heavy atom. The van der Waals surface area contributed by atoms with Crippen molar-refractivity contribution in [1.82, 2.24) is 10.3 Å². The zero-order chi connectivity index (χ0) is 21.6. The first-order valence-corrected chi connectivity index (χ1v) is 9.07. The van der Waals surface area contributed by atoms with Crippen LogP contribution in [0.25, 0.3) is 6.08 Å². The van der Waals surface area contributed by atoms with Gasteiger partial charge in [-0.25, -0.2) is 4.98 Å². The first-order chi connectivity index (χ1) is 14.4. The quantitative estimate of drug-likeness (QED) is 0.526. The van der Waals surface area contributed by atoms with Crippen LogP contribution in [0.2, 0.25) is 0 Å². The highest BCUT2D eigenvalue weighted by Crippen LogP contribution is 2.40. The Morgan fingerprint density at radius 1 is 1.23 bits per heavy atom. The number of methoxy groups -OCH3 is 1. The Hall–Kier alpha value is -3.43. The number of nitrogens with one attached hydrogen (secondary N) is 2. The highest BCUT2D eigenvalue weighted by atomic mass is 19.4. The Morgan fingerprint density at radius 2 is 2.03 bits per heavy atom. The molecule has 1 aromatic heterocycles. The smallest absolute Gasteiger partial charge is 0.417 e. The molecule has 1 amide bonds. The molecule has 7 nitrogen and oxygen atoms in total. The number of hydrogen-bond donors (Lipinski definition) is 2. The van der Waals surface area contributed by atoms with Crippen LogP contribution < -0.4 is 24.8 Å². The number of carbonyl (C=O) groups is 1. The molecule has 1 aromatic carbocycles. The van der Waals surface area contributed by atoms with Gasteiger partial charge in [0.1, 0.15) is 19.0 Å². The van der Waals surface area contributed by atoms with Crippen molar-refractivity contribution in [3.8, 4) is 17.2 Å². The van der Waals surface area contributed by atoms with Crippen LogP contribution in [0.3, 0.4) is 0 Å². The van der Waals surface area contributed by atoms with Crippen LogP contribution in [0, 0.1) is 0 Å². The van der Waals surface area contributed by atoms with Crippen LogP contribution in [0.15, 0.2) is 36.5 Å². The minimum absolute atomic E-state index is 0.260. The van der Waals surface area contributed by atoms with Gasteiger partial charge in [-0.05, 0) is 35.9 Å².